The lowest BCUT2D eigenvalue weighted by molar-refractivity contribution is 0.0847. The lowest BCUT2D eigenvalue weighted by Crippen LogP contribution is -2.41. The maximum Gasteiger partial charge on any atom is 0.411 e. The van der Waals surface area contributed by atoms with Gasteiger partial charge in [-0.1, -0.05) is 29.3 Å². The number of hydrogen-bond acceptors (Lipinski definition) is 4. The van der Waals surface area contributed by atoms with Gasteiger partial charge in [-0.05, 0) is 43.3 Å². The average Bonchev–Trinajstić information content (AvgIpc) is 2.61. The van der Waals surface area contributed by atoms with Crippen molar-refractivity contribution in [3.05, 3.63) is 63.6 Å². The second-order valence-corrected chi connectivity index (χ2v) is 5.80. The van der Waals surface area contributed by atoms with Gasteiger partial charge < -0.3 is 4.74 Å². The predicted molar refractivity (Wildman–Crippen MR) is 98.5 cm³/mol. The van der Waals surface area contributed by atoms with Crippen molar-refractivity contribution in [2.45, 2.75) is 6.92 Å². The van der Waals surface area contributed by atoms with Crippen molar-refractivity contribution in [2.24, 2.45) is 0 Å². The van der Waals surface area contributed by atoms with Crippen molar-refractivity contribution in [3.8, 4) is 0 Å². The van der Waals surface area contributed by atoms with Crippen molar-refractivity contribution in [1.82, 2.24) is 10.9 Å². The van der Waals surface area contributed by atoms with Crippen LogP contribution >= 0.6 is 23.2 Å². The first-order valence-corrected chi connectivity index (χ1v) is 8.26. The fourth-order valence-electron chi connectivity index (χ4n) is 1.95. The minimum atomic E-state index is -0.631. The molecule has 0 saturated heterocycles. The maximum absolute atomic E-state index is 12.2. The van der Waals surface area contributed by atoms with Crippen LogP contribution in [0, 0.1) is 0 Å². The predicted octanol–water partition coefficient (Wildman–Crippen LogP) is 3.64. The van der Waals surface area contributed by atoms with Crippen LogP contribution in [-0.4, -0.2) is 24.5 Å². The van der Waals surface area contributed by atoms with E-state index in [-0.39, 0.29) is 22.8 Å². The third-order valence-corrected chi connectivity index (χ3v) is 3.67. The summed E-state index contributed by atoms with van der Waals surface area (Å²) in [6.45, 7) is 1.91. The van der Waals surface area contributed by atoms with E-state index in [1.165, 1.54) is 24.3 Å². The SMILES string of the molecule is CCOC(=O)Nc1cccc(C(=O)NNC(=O)c2cc(Cl)ccc2Cl)c1. The number of benzene rings is 2. The van der Waals surface area contributed by atoms with Crippen LogP contribution < -0.4 is 16.2 Å². The first kappa shape index (κ1) is 19.6. The highest BCUT2D eigenvalue weighted by atomic mass is 35.5. The molecule has 0 unspecified atom stereocenters. The standard InChI is InChI=1S/C17H15Cl2N3O4/c1-2-26-17(25)20-12-5-3-4-10(8-12)15(23)21-22-16(24)13-9-11(18)6-7-14(13)19/h3-9H,2H2,1H3,(H,20,25)(H,21,23)(H,22,24). The largest absolute Gasteiger partial charge is 0.450 e. The van der Waals surface area contributed by atoms with Gasteiger partial charge in [-0.25, -0.2) is 4.79 Å². The Morgan fingerprint density at radius 3 is 2.46 bits per heavy atom. The number of hydrogen-bond donors (Lipinski definition) is 3. The second kappa shape index (κ2) is 9.07. The number of anilines is 1. The molecule has 7 nitrogen and oxygen atoms in total. The van der Waals surface area contributed by atoms with Gasteiger partial charge >= 0.3 is 6.09 Å². The summed E-state index contributed by atoms with van der Waals surface area (Å²) < 4.78 is 4.76. The van der Waals surface area contributed by atoms with E-state index in [9.17, 15) is 14.4 Å². The van der Waals surface area contributed by atoms with Crippen LogP contribution in [0.1, 0.15) is 27.6 Å². The lowest BCUT2D eigenvalue weighted by atomic mass is 10.2. The molecule has 3 amide bonds. The maximum atomic E-state index is 12.2. The third kappa shape index (κ3) is 5.37. The Hall–Kier alpha value is -2.77. The van der Waals surface area contributed by atoms with Crippen molar-refractivity contribution in [1.29, 1.82) is 0 Å². The van der Waals surface area contributed by atoms with Crippen LogP contribution in [0.25, 0.3) is 0 Å². The first-order chi connectivity index (χ1) is 12.4. The molecule has 0 atom stereocenters. The van der Waals surface area contributed by atoms with Crippen LogP contribution in [0.5, 0.6) is 0 Å². The van der Waals surface area contributed by atoms with E-state index in [2.05, 4.69) is 16.2 Å². The molecule has 9 heteroatoms. The molecule has 0 aliphatic heterocycles. The zero-order valence-corrected chi connectivity index (χ0v) is 15.1. The minimum absolute atomic E-state index is 0.122. The Kier molecular flexibility index (Phi) is 6.82. The molecule has 26 heavy (non-hydrogen) atoms. The van der Waals surface area contributed by atoms with Gasteiger partial charge in [-0.3, -0.25) is 25.8 Å². The number of hydrazine groups is 1. The van der Waals surface area contributed by atoms with E-state index in [1.807, 2.05) is 0 Å². The highest BCUT2D eigenvalue weighted by Gasteiger charge is 2.13. The Morgan fingerprint density at radius 1 is 1.00 bits per heavy atom. The molecule has 0 heterocycles. The second-order valence-electron chi connectivity index (χ2n) is 4.96. The molecule has 2 aromatic rings. The fraction of sp³-hybridized carbons (Fsp3) is 0.118. The Morgan fingerprint density at radius 2 is 1.73 bits per heavy atom. The molecule has 0 spiro atoms. The Labute approximate surface area is 159 Å². The van der Waals surface area contributed by atoms with Crippen molar-refractivity contribution in [3.63, 3.8) is 0 Å². The van der Waals surface area contributed by atoms with E-state index < -0.39 is 17.9 Å². The van der Waals surface area contributed by atoms with Gasteiger partial charge in [0.05, 0.1) is 17.2 Å². The van der Waals surface area contributed by atoms with E-state index in [4.69, 9.17) is 27.9 Å². The van der Waals surface area contributed by atoms with Gasteiger partial charge in [-0.15, -0.1) is 0 Å². The lowest BCUT2D eigenvalue weighted by Gasteiger charge is -2.10. The fourth-order valence-corrected chi connectivity index (χ4v) is 2.32. The zero-order chi connectivity index (χ0) is 19.1. The molecule has 0 saturated carbocycles. The molecule has 0 fully saturated rings. The molecule has 2 rings (SSSR count). The van der Waals surface area contributed by atoms with Crippen LogP contribution in [0.3, 0.4) is 0 Å². The van der Waals surface area contributed by atoms with Crippen molar-refractivity contribution < 1.29 is 19.1 Å². The zero-order valence-electron chi connectivity index (χ0n) is 13.6. The smallest absolute Gasteiger partial charge is 0.411 e. The van der Waals surface area contributed by atoms with Gasteiger partial charge in [0.1, 0.15) is 0 Å². The summed E-state index contributed by atoms with van der Waals surface area (Å²) in [5.74, 6) is -1.20. The van der Waals surface area contributed by atoms with Crippen LogP contribution in [-0.2, 0) is 4.74 Å². The number of halogens is 2. The van der Waals surface area contributed by atoms with Gasteiger partial charge in [-0.2, -0.15) is 0 Å². The highest BCUT2D eigenvalue weighted by molar-refractivity contribution is 6.35. The van der Waals surface area contributed by atoms with Gasteiger partial charge in [0, 0.05) is 16.3 Å². The molecule has 0 aliphatic carbocycles. The van der Waals surface area contributed by atoms with Gasteiger partial charge in [0.25, 0.3) is 11.8 Å². The number of amides is 3. The molecular weight excluding hydrogens is 381 g/mol. The molecule has 0 radical (unpaired) electrons. The number of rotatable bonds is 4. The number of carbonyl (C=O) groups excluding carboxylic acids is 3. The molecule has 136 valence electrons. The highest BCUT2D eigenvalue weighted by Crippen LogP contribution is 2.20. The minimum Gasteiger partial charge on any atom is -0.450 e. The Balaban J connectivity index is 2.00. The summed E-state index contributed by atoms with van der Waals surface area (Å²) in [5, 5.41) is 3.01. The summed E-state index contributed by atoms with van der Waals surface area (Å²) in [5.41, 5.74) is 5.23. The van der Waals surface area contributed by atoms with Crippen LogP contribution in [0.15, 0.2) is 42.5 Å². The quantitative estimate of drug-likeness (QED) is 0.688. The average molecular weight is 396 g/mol. The molecule has 3 N–H and O–H groups in total. The van der Waals surface area contributed by atoms with E-state index in [1.54, 1.807) is 25.1 Å². The van der Waals surface area contributed by atoms with Gasteiger partial charge in [0.15, 0.2) is 0 Å². The summed E-state index contributed by atoms with van der Waals surface area (Å²) in [7, 11) is 0. The van der Waals surface area contributed by atoms with Crippen molar-refractivity contribution in [2.75, 3.05) is 11.9 Å². The normalized spacial score (nSPS) is 9.96. The number of ether oxygens (including phenoxy) is 1. The number of carbonyl (C=O) groups is 3. The van der Waals surface area contributed by atoms with E-state index in [0.29, 0.717) is 10.7 Å². The molecular formula is C17H15Cl2N3O4. The van der Waals surface area contributed by atoms with Crippen LogP contribution in [0.2, 0.25) is 10.0 Å². The van der Waals surface area contributed by atoms with E-state index in [0.717, 1.165) is 0 Å². The third-order valence-electron chi connectivity index (χ3n) is 3.11. The van der Waals surface area contributed by atoms with Crippen LogP contribution in [0.4, 0.5) is 10.5 Å². The molecule has 0 bridgehead atoms. The first-order valence-electron chi connectivity index (χ1n) is 7.50. The monoisotopic (exact) mass is 395 g/mol. The molecule has 2 aromatic carbocycles. The van der Waals surface area contributed by atoms with Crippen molar-refractivity contribution >= 4 is 46.8 Å². The van der Waals surface area contributed by atoms with Gasteiger partial charge in [0.2, 0.25) is 0 Å². The summed E-state index contributed by atoms with van der Waals surface area (Å²) in [6, 6.07) is 10.5. The number of nitrogens with one attached hydrogen (secondary N) is 3. The molecule has 0 aliphatic rings. The summed E-state index contributed by atoms with van der Waals surface area (Å²) in [4.78, 5) is 35.7. The topological polar surface area (TPSA) is 96.5 Å². The summed E-state index contributed by atoms with van der Waals surface area (Å²) in [6.07, 6.45) is -0.631. The van der Waals surface area contributed by atoms with E-state index >= 15 is 0 Å². The Bertz CT molecular complexity index is 843. The molecule has 0 aromatic heterocycles. The summed E-state index contributed by atoms with van der Waals surface area (Å²) >= 11 is 11.8.